The van der Waals surface area contributed by atoms with Crippen molar-refractivity contribution in [2.45, 2.75) is 39.9 Å². The summed E-state index contributed by atoms with van der Waals surface area (Å²) in [6.45, 7) is 6.14. The number of aryl methyl sites for hydroxylation is 1. The Labute approximate surface area is 161 Å². The number of H-pyrrole nitrogens is 1. The van der Waals surface area contributed by atoms with Crippen molar-refractivity contribution in [3.05, 3.63) is 52.6 Å². The number of nitrogens with one attached hydrogen (secondary N) is 1. The third-order valence-electron chi connectivity index (χ3n) is 4.19. The van der Waals surface area contributed by atoms with Gasteiger partial charge in [0.2, 0.25) is 5.78 Å². The average Bonchev–Trinajstić information content (AvgIpc) is 2.96. The smallest absolute Gasteiger partial charge is 0.347 e. The van der Waals surface area contributed by atoms with Gasteiger partial charge in [-0.2, -0.15) is 0 Å². The number of rotatable bonds is 7. The van der Waals surface area contributed by atoms with Crippen LogP contribution in [0.5, 0.6) is 5.75 Å². The summed E-state index contributed by atoms with van der Waals surface area (Å²) in [5.41, 5.74) is 1.36. The van der Waals surface area contributed by atoms with Crippen molar-refractivity contribution in [1.82, 2.24) is 4.98 Å². The number of esters is 2. The molecule has 0 bridgehead atoms. The lowest BCUT2D eigenvalue weighted by Crippen LogP contribution is -2.33. The predicted octanol–water partition coefficient (Wildman–Crippen LogP) is 3.14. The minimum absolute atomic E-state index is 0.172. The zero-order valence-electron chi connectivity index (χ0n) is 16.3. The predicted molar refractivity (Wildman–Crippen MR) is 98.0 cm³/mol. The summed E-state index contributed by atoms with van der Waals surface area (Å²) in [7, 11) is 1.25. The molecule has 7 nitrogen and oxygen atoms in total. The molecule has 0 fully saturated rings. The van der Waals surface area contributed by atoms with Crippen LogP contribution < -0.4 is 4.74 Å². The first kappa shape index (κ1) is 21.1. The normalized spacial score (nSPS) is 12.8. The third-order valence-corrected chi connectivity index (χ3v) is 4.19. The van der Waals surface area contributed by atoms with Crippen molar-refractivity contribution in [1.29, 1.82) is 0 Å². The van der Waals surface area contributed by atoms with E-state index in [2.05, 4.69) is 4.98 Å². The number of ketones is 1. The van der Waals surface area contributed by atoms with Crippen molar-refractivity contribution >= 4 is 17.7 Å². The van der Waals surface area contributed by atoms with Crippen LogP contribution in [-0.2, 0) is 14.3 Å². The van der Waals surface area contributed by atoms with Gasteiger partial charge in [-0.1, -0.05) is 0 Å². The SMILES string of the molecule is COC(=O)c1c(C)[nH]c(C(=O)[C@@H](C)OC(=O)[C@@H](C)Oc2ccc(F)cc2)c1C. The molecule has 0 aliphatic carbocycles. The van der Waals surface area contributed by atoms with E-state index in [-0.39, 0.29) is 11.3 Å². The van der Waals surface area contributed by atoms with Crippen LogP contribution >= 0.6 is 0 Å². The van der Waals surface area contributed by atoms with E-state index >= 15 is 0 Å². The van der Waals surface area contributed by atoms with Crippen LogP contribution in [0.15, 0.2) is 24.3 Å². The molecule has 28 heavy (non-hydrogen) atoms. The molecule has 0 unspecified atom stereocenters. The highest BCUT2D eigenvalue weighted by Crippen LogP contribution is 2.21. The van der Waals surface area contributed by atoms with E-state index in [0.29, 0.717) is 17.0 Å². The van der Waals surface area contributed by atoms with E-state index < -0.39 is 35.7 Å². The van der Waals surface area contributed by atoms with E-state index in [9.17, 15) is 18.8 Å². The van der Waals surface area contributed by atoms with Crippen molar-refractivity contribution < 1.29 is 33.0 Å². The molecule has 0 spiro atoms. The van der Waals surface area contributed by atoms with Gasteiger partial charge in [0.15, 0.2) is 12.2 Å². The van der Waals surface area contributed by atoms with Gasteiger partial charge in [0.25, 0.3) is 0 Å². The lowest BCUT2D eigenvalue weighted by Gasteiger charge is -2.17. The molecule has 1 aromatic carbocycles. The lowest BCUT2D eigenvalue weighted by atomic mass is 10.1. The molecule has 2 aromatic rings. The minimum atomic E-state index is -1.10. The highest BCUT2D eigenvalue weighted by Gasteiger charge is 2.29. The maximum Gasteiger partial charge on any atom is 0.347 e. The van der Waals surface area contributed by atoms with Gasteiger partial charge >= 0.3 is 11.9 Å². The second-order valence-corrected chi connectivity index (χ2v) is 6.27. The zero-order chi connectivity index (χ0) is 21.0. The number of carbonyl (C=O) groups is 3. The van der Waals surface area contributed by atoms with Crippen LogP contribution in [0, 0.1) is 19.7 Å². The molecule has 0 saturated carbocycles. The van der Waals surface area contributed by atoms with Crippen molar-refractivity contribution in [2.75, 3.05) is 7.11 Å². The quantitative estimate of drug-likeness (QED) is 0.576. The number of Topliss-reactive ketones (excluding diaryl/α,β-unsaturated/α-hetero) is 1. The van der Waals surface area contributed by atoms with Crippen LogP contribution in [0.1, 0.15) is 46.0 Å². The largest absolute Gasteiger partial charge is 0.479 e. The lowest BCUT2D eigenvalue weighted by molar-refractivity contribution is -0.153. The van der Waals surface area contributed by atoms with Gasteiger partial charge in [0, 0.05) is 5.69 Å². The Morgan fingerprint density at radius 2 is 1.64 bits per heavy atom. The Morgan fingerprint density at radius 1 is 1.04 bits per heavy atom. The second kappa shape index (κ2) is 8.69. The fourth-order valence-electron chi connectivity index (χ4n) is 2.70. The number of benzene rings is 1. The zero-order valence-corrected chi connectivity index (χ0v) is 16.3. The summed E-state index contributed by atoms with van der Waals surface area (Å²) in [4.78, 5) is 39.6. The van der Waals surface area contributed by atoms with Gasteiger partial charge in [-0.05, 0) is 57.5 Å². The van der Waals surface area contributed by atoms with Crippen LogP contribution in [0.4, 0.5) is 4.39 Å². The maximum absolute atomic E-state index is 12.9. The second-order valence-electron chi connectivity index (χ2n) is 6.27. The summed E-state index contributed by atoms with van der Waals surface area (Å²) in [5, 5.41) is 0. The summed E-state index contributed by atoms with van der Waals surface area (Å²) >= 11 is 0. The molecule has 2 atom stereocenters. The van der Waals surface area contributed by atoms with Crippen LogP contribution in [0.25, 0.3) is 0 Å². The van der Waals surface area contributed by atoms with Gasteiger partial charge in [-0.15, -0.1) is 0 Å². The standard InChI is InChI=1S/C20H22FNO6/c1-10-16(20(25)26-5)11(2)22-17(10)18(23)12(3)28-19(24)13(4)27-15-8-6-14(21)7-9-15/h6-9,12-13,22H,1-5H3/t12-,13-/m1/s1. The van der Waals surface area contributed by atoms with Crippen molar-refractivity contribution in [3.63, 3.8) is 0 Å². The highest BCUT2D eigenvalue weighted by molar-refractivity contribution is 6.04. The Bertz CT molecular complexity index is 887. The number of aromatic nitrogens is 1. The number of halogens is 1. The van der Waals surface area contributed by atoms with Gasteiger partial charge in [0.1, 0.15) is 11.6 Å². The van der Waals surface area contributed by atoms with Gasteiger partial charge < -0.3 is 19.2 Å². The average molecular weight is 391 g/mol. The molecule has 8 heteroatoms. The molecular weight excluding hydrogens is 369 g/mol. The van der Waals surface area contributed by atoms with E-state index in [1.807, 2.05) is 0 Å². The van der Waals surface area contributed by atoms with Gasteiger partial charge in [-0.3, -0.25) is 4.79 Å². The number of carbonyl (C=O) groups excluding carboxylic acids is 3. The molecule has 1 N–H and O–H groups in total. The molecule has 150 valence electrons. The molecular formula is C20H22FNO6. The third kappa shape index (κ3) is 4.57. The van der Waals surface area contributed by atoms with Crippen molar-refractivity contribution in [3.8, 4) is 5.75 Å². The highest BCUT2D eigenvalue weighted by atomic mass is 19.1. The Morgan fingerprint density at radius 3 is 2.21 bits per heavy atom. The van der Waals surface area contributed by atoms with Gasteiger partial charge in [0.05, 0.1) is 18.4 Å². The molecule has 1 aromatic heterocycles. The Hall–Kier alpha value is -3.16. The fourth-order valence-corrected chi connectivity index (χ4v) is 2.70. The summed E-state index contributed by atoms with van der Waals surface area (Å²) in [6, 6.07) is 5.17. The molecule has 2 rings (SSSR count). The number of methoxy groups -OCH3 is 1. The topological polar surface area (TPSA) is 94.7 Å². The molecule has 0 aliphatic rings. The minimum Gasteiger partial charge on any atom is -0.479 e. The number of hydrogen-bond acceptors (Lipinski definition) is 6. The first-order valence-electron chi connectivity index (χ1n) is 8.60. The van der Waals surface area contributed by atoms with Crippen LogP contribution in [0.3, 0.4) is 0 Å². The van der Waals surface area contributed by atoms with Gasteiger partial charge in [-0.25, -0.2) is 14.0 Å². The number of ether oxygens (including phenoxy) is 3. The van der Waals surface area contributed by atoms with E-state index in [4.69, 9.17) is 14.2 Å². The maximum atomic E-state index is 12.9. The van der Waals surface area contributed by atoms with Crippen molar-refractivity contribution in [2.24, 2.45) is 0 Å². The first-order valence-corrected chi connectivity index (χ1v) is 8.60. The molecule has 0 saturated heterocycles. The summed E-state index contributed by atoms with van der Waals surface area (Å²) < 4.78 is 28.2. The molecule has 0 radical (unpaired) electrons. The summed E-state index contributed by atoms with van der Waals surface area (Å²) in [5.74, 6) is -1.93. The molecule has 1 heterocycles. The number of aromatic amines is 1. The monoisotopic (exact) mass is 391 g/mol. The van der Waals surface area contributed by atoms with Crippen LogP contribution in [0.2, 0.25) is 0 Å². The van der Waals surface area contributed by atoms with E-state index in [1.54, 1.807) is 13.8 Å². The number of hydrogen-bond donors (Lipinski definition) is 1. The van der Waals surface area contributed by atoms with E-state index in [1.165, 1.54) is 45.2 Å². The molecule has 0 amide bonds. The molecule has 0 aliphatic heterocycles. The Kier molecular flexibility index (Phi) is 6.56. The first-order chi connectivity index (χ1) is 13.1. The van der Waals surface area contributed by atoms with E-state index in [0.717, 1.165) is 0 Å². The Balaban J connectivity index is 2.06. The summed E-state index contributed by atoms with van der Waals surface area (Å²) in [6.07, 6.45) is -2.10. The van der Waals surface area contributed by atoms with Crippen LogP contribution in [-0.4, -0.2) is 42.0 Å². The fraction of sp³-hybridized carbons (Fsp3) is 0.350.